The molecule has 0 aliphatic heterocycles. The van der Waals surface area contributed by atoms with Crippen LogP contribution in [-0.4, -0.2) is 53.5 Å². The van der Waals surface area contributed by atoms with Crippen molar-refractivity contribution in [1.29, 1.82) is 5.41 Å². The lowest BCUT2D eigenvalue weighted by Crippen LogP contribution is -2.41. The van der Waals surface area contributed by atoms with Crippen LogP contribution in [0.2, 0.25) is 0 Å². The van der Waals surface area contributed by atoms with Crippen LogP contribution < -0.4 is 26.4 Å². The number of carboxylic acid groups (broad SMARTS) is 1. The fourth-order valence-electron chi connectivity index (χ4n) is 4.30. The van der Waals surface area contributed by atoms with Gasteiger partial charge in [0.1, 0.15) is 24.1 Å². The highest BCUT2D eigenvalue weighted by atomic mass is 16.5. The third kappa shape index (κ3) is 8.19. The molecule has 0 spiro atoms. The molecule has 7 N–H and O–H groups in total. The average molecular weight is 567 g/mol. The smallest absolute Gasteiger partial charge is 0.326 e. The van der Waals surface area contributed by atoms with Gasteiger partial charge in [0.25, 0.3) is 5.91 Å². The molecule has 3 aromatic rings. The summed E-state index contributed by atoms with van der Waals surface area (Å²) in [5.74, 6) is -1.96. The molecule has 4 atom stereocenters. The number of nitrogens with one attached hydrogen (secondary N) is 4. The summed E-state index contributed by atoms with van der Waals surface area (Å²) in [7, 11) is 1.62. The van der Waals surface area contributed by atoms with Gasteiger partial charge >= 0.3 is 5.97 Å². The summed E-state index contributed by atoms with van der Waals surface area (Å²) in [6, 6.07) is 9.82. The molecule has 1 unspecified atom stereocenters. The maximum Gasteiger partial charge on any atom is 0.326 e. The van der Waals surface area contributed by atoms with Gasteiger partial charge in [0, 0.05) is 6.54 Å². The number of carbonyl (C=O) groups is 3. The topological polar surface area (TPSA) is 193 Å². The number of fused-ring (bicyclic) bond motifs is 1. The van der Waals surface area contributed by atoms with Gasteiger partial charge in [-0.1, -0.05) is 44.5 Å². The first kappa shape index (κ1) is 30.9. The molecule has 220 valence electrons. The minimum Gasteiger partial charge on any atom is -0.497 e. The highest BCUT2D eigenvalue weighted by Gasteiger charge is 2.29. The first-order valence-corrected chi connectivity index (χ1v) is 13.5. The minimum absolute atomic E-state index is 0.0645. The molecule has 0 aliphatic rings. The largest absolute Gasteiger partial charge is 0.497 e. The van der Waals surface area contributed by atoms with E-state index in [-0.39, 0.29) is 35.8 Å². The van der Waals surface area contributed by atoms with Crippen molar-refractivity contribution in [2.75, 3.05) is 13.7 Å². The highest BCUT2D eigenvalue weighted by molar-refractivity contribution is 5.94. The number of benzene rings is 2. The molecule has 0 saturated heterocycles. The van der Waals surface area contributed by atoms with E-state index in [1.807, 2.05) is 57.2 Å². The SMILES string of the molecule is CC[C@H](C)[C@H](NC(=O)C(C)c1ccc2cc(OC)ccc2c1)c1nc(C(=O)N[C@@H](CCCNC(=N)N)C(=O)O)co1. The Morgan fingerprint density at radius 2 is 1.83 bits per heavy atom. The van der Waals surface area contributed by atoms with Gasteiger partial charge in [-0.15, -0.1) is 0 Å². The Labute approximate surface area is 238 Å². The van der Waals surface area contributed by atoms with Gasteiger partial charge in [-0.05, 0) is 54.2 Å². The quantitative estimate of drug-likeness (QED) is 0.0965. The molecule has 0 radical (unpaired) electrons. The third-order valence-corrected chi connectivity index (χ3v) is 7.08. The second-order valence-corrected chi connectivity index (χ2v) is 9.98. The van der Waals surface area contributed by atoms with Crippen molar-refractivity contribution in [3.8, 4) is 5.75 Å². The number of methoxy groups -OCH3 is 1. The summed E-state index contributed by atoms with van der Waals surface area (Å²) in [6.45, 7) is 6.03. The van der Waals surface area contributed by atoms with Gasteiger partial charge in [-0.2, -0.15) is 0 Å². The van der Waals surface area contributed by atoms with Gasteiger partial charge in [0.15, 0.2) is 11.7 Å². The molecule has 0 fully saturated rings. The van der Waals surface area contributed by atoms with Crippen LogP contribution in [0.1, 0.15) is 73.9 Å². The minimum atomic E-state index is -1.20. The number of hydrogen-bond acceptors (Lipinski definition) is 7. The number of carbonyl (C=O) groups excluding carboxylic acids is 2. The first-order chi connectivity index (χ1) is 19.5. The van der Waals surface area contributed by atoms with Crippen LogP contribution in [0.4, 0.5) is 0 Å². The molecule has 0 saturated carbocycles. The standard InChI is InChI=1S/C29H38N6O6/c1-5-16(2)24(35-25(36)17(3)18-8-9-20-14-21(40-4)11-10-19(20)13-18)27-34-23(15-41-27)26(37)33-22(28(38)39)7-6-12-32-29(30)31/h8-11,13-17,22,24H,5-7,12H2,1-4H3,(H,33,37)(H,35,36)(H,38,39)(H4,30,31,32)/t16-,17?,22-,24-/m0/s1. The molecule has 12 heteroatoms. The Morgan fingerprint density at radius 3 is 2.49 bits per heavy atom. The van der Waals surface area contributed by atoms with Crippen molar-refractivity contribution in [2.24, 2.45) is 11.7 Å². The zero-order valence-electron chi connectivity index (χ0n) is 23.7. The number of nitrogens with zero attached hydrogens (tertiary/aromatic N) is 1. The van der Waals surface area contributed by atoms with E-state index in [0.29, 0.717) is 19.4 Å². The van der Waals surface area contributed by atoms with E-state index < -0.39 is 29.9 Å². The highest BCUT2D eigenvalue weighted by Crippen LogP contribution is 2.28. The molecule has 2 amide bonds. The van der Waals surface area contributed by atoms with Crippen molar-refractivity contribution in [2.45, 2.75) is 58.0 Å². The summed E-state index contributed by atoms with van der Waals surface area (Å²) in [5, 5.41) is 26.7. The molecule has 3 rings (SSSR count). The van der Waals surface area contributed by atoms with E-state index in [1.54, 1.807) is 7.11 Å². The van der Waals surface area contributed by atoms with Gasteiger partial charge < -0.3 is 35.9 Å². The van der Waals surface area contributed by atoms with Crippen molar-refractivity contribution < 1.29 is 28.6 Å². The first-order valence-electron chi connectivity index (χ1n) is 13.5. The molecule has 1 aromatic heterocycles. The van der Waals surface area contributed by atoms with E-state index in [4.69, 9.17) is 20.3 Å². The van der Waals surface area contributed by atoms with Crippen LogP contribution in [-0.2, 0) is 9.59 Å². The monoisotopic (exact) mass is 566 g/mol. The second kappa shape index (κ2) is 14.1. The second-order valence-electron chi connectivity index (χ2n) is 9.98. The van der Waals surface area contributed by atoms with E-state index in [9.17, 15) is 19.5 Å². The molecule has 0 bridgehead atoms. The van der Waals surface area contributed by atoms with Gasteiger partial charge in [0.2, 0.25) is 11.8 Å². The van der Waals surface area contributed by atoms with E-state index in [0.717, 1.165) is 28.3 Å². The van der Waals surface area contributed by atoms with Crippen LogP contribution >= 0.6 is 0 Å². The normalized spacial score (nSPS) is 14.0. The number of rotatable bonds is 14. The Hall–Kier alpha value is -4.61. The van der Waals surface area contributed by atoms with Crippen molar-refractivity contribution in [3.05, 3.63) is 59.8 Å². The van der Waals surface area contributed by atoms with Gasteiger partial charge in [0.05, 0.1) is 13.0 Å². The van der Waals surface area contributed by atoms with Gasteiger partial charge in [-0.3, -0.25) is 15.0 Å². The number of hydrogen-bond donors (Lipinski definition) is 6. The lowest BCUT2D eigenvalue weighted by molar-refractivity contribution is -0.139. The number of carboxylic acids is 1. The van der Waals surface area contributed by atoms with Crippen LogP contribution in [0.5, 0.6) is 5.75 Å². The number of aliphatic carboxylic acids is 1. The number of amides is 2. The number of oxazole rings is 1. The molecule has 2 aromatic carbocycles. The van der Waals surface area contributed by atoms with Crippen LogP contribution in [0, 0.1) is 11.3 Å². The fraction of sp³-hybridized carbons (Fsp3) is 0.414. The Bertz CT molecular complexity index is 1390. The number of ether oxygens (including phenoxy) is 1. The predicted molar refractivity (Wildman–Crippen MR) is 154 cm³/mol. The Balaban J connectivity index is 1.71. The molecule has 1 heterocycles. The molecule has 41 heavy (non-hydrogen) atoms. The third-order valence-electron chi connectivity index (χ3n) is 7.08. The molecule has 12 nitrogen and oxygen atoms in total. The molecular weight excluding hydrogens is 528 g/mol. The van der Waals surface area contributed by atoms with E-state index >= 15 is 0 Å². The number of aromatic nitrogens is 1. The Morgan fingerprint density at radius 1 is 1.12 bits per heavy atom. The fourth-order valence-corrected chi connectivity index (χ4v) is 4.30. The maximum atomic E-state index is 13.3. The number of guanidine groups is 1. The molecule has 0 aliphatic carbocycles. The van der Waals surface area contributed by atoms with Crippen molar-refractivity contribution >= 4 is 34.5 Å². The summed E-state index contributed by atoms with van der Waals surface area (Å²) in [4.78, 5) is 42.1. The summed E-state index contributed by atoms with van der Waals surface area (Å²) in [6.07, 6.45) is 2.35. The van der Waals surface area contributed by atoms with Crippen LogP contribution in [0.15, 0.2) is 47.1 Å². The lowest BCUT2D eigenvalue weighted by Gasteiger charge is -2.23. The Kier molecular flexibility index (Phi) is 10.7. The zero-order chi connectivity index (χ0) is 30.1. The van der Waals surface area contributed by atoms with Crippen molar-refractivity contribution in [1.82, 2.24) is 20.9 Å². The predicted octanol–water partition coefficient (Wildman–Crippen LogP) is 3.29. The van der Waals surface area contributed by atoms with Crippen molar-refractivity contribution in [3.63, 3.8) is 0 Å². The average Bonchev–Trinajstić information content (AvgIpc) is 3.45. The van der Waals surface area contributed by atoms with E-state index in [1.165, 1.54) is 0 Å². The van der Waals surface area contributed by atoms with E-state index in [2.05, 4.69) is 20.9 Å². The molecular formula is C29H38N6O6. The van der Waals surface area contributed by atoms with Crippen LogP contribution in [0.3, 0.4) is 0 Å². The summed E-state index contributed by atoms with van der Waals surface area (Å²) in [5.41, 5.74) is 5.98. The summed E-state index contributed by atoms with van der Waals surface area (Å²) >= 11 is 0. The maximum absolute atomic E-state index is 13.3. The van der Waals surface area contributed by atoms with Crippen LogP contribution in [0.25, 0.3) is 10.8 Å². The number of nitrogens with two attached hydrogens (primary N) is 1. The zero-order valence-corrected chi connectivity index (χ0v) is 23.7. The lowest BCUT2D eigenvalue weighted by atomic mass is 9.94. The summed E-state index contributed by atoms with van der Waals surface area (Å²) < 4.78 is 10.9. The van der Waals surface area contributed by atoms with Gasteiger partial charge in [-0.25, -0.2) is 9.78 Å².